The molecule has 1 heterocycles. The van der Waals surface area contributed by atoms with E-state index in [9.17, 15) is 4.79 Å². The van der Waals surface area contributed by atoms with Crippen molar-refractivity contribution in [3.8, 4) is 0 Å². The number of pyridine rings is 1. The van der Waals surface area contributed by atoms with Gasteiger partial charge in [-0.15, -0.1) is 0 Å². The molecule has 0 aromatic carbocycles. The Kier molecular flexibility index (Phi) is 2.76. The highest BCUT2D eigenvalue weighted by Gasteiger charge is 2.15. The highest BCUT2D eigenvalue weighted by Crippen LogP contribution is 2.06. The van der Waals surface area contributed by atoms with Crippen LogP contribution in [0, 0.1) is 0 Å². The average molecular weight is 165 g/mol. The van der Waals surface area contributed by atoms with Crippen LogP contribution in [0.15, 0.2) is 24.4 Å². The SMILES string of the molecule is CNC(C(N)=O)c1ccccn1. The summed E-state index contributed by atoms with van der Waals surface area (Å²) < 4.78 is 0. The first-order chi connectivity index (χ1) is 5.75. The van der Waals surface area contributed by atoms with Crippen molar-refractivity contribution < 1.29 is 4.79 Å². The fourth-order valence-electron chi connectivity index (χ4n) is 0.983. The van der Waals surface area contributed by atoms with Crippen molar-refractivity contribution in [2.75, 3.05) is 7.05 Å². The Labute approximate surface area is 70.8 Å². The fraction of sp³-hybridized carbons (Fsp3) is 0.250. The van der Waals surface area contributed by atoms with Crippen LogP contribution in [0.2, 0.25) is 0 Å². The summed E-state index contributed by atoms with van der Waals surface area (Å²) >= 11 is 0. The molecule has 4 nitrogen and oxygen atoms in total. The van der Waals surface area contributed by atoms with E-state index in [-0.39, 0.29) is 0 Å². The van der Waals surface area contributed by atoms with Crippen molar-refractivity contribution >= 4 is 5.91 Å². The molecule has 0 bridgehead atoms. The molecule has 0 aliphatic heterocycles. The number of carbonyl (C=O) groups is 1. The quantitative estimate of drug-likeness (QED) is 0.653. The number of rotatable bonds is 3. The van der Waals surface area contributed by atoms with Crippen molar-refractivity contribution in [2.45, 2.75) is 6.04 Å². The molecule has 0 fully saturated rings. The summed E-state index contributed by atoms with van der Waals surface area (Å²) in [5, 5.41) is 2.78. The Balaban J connectivity index is 2.88. The van der Waals surface area contributed by atoms with Gasteiger partial charge < -0.3 is 11.1 Å². The Morgan fingerprint density at radius 1 is 1.67 bits per heavy atom. The molecule has 1 unspecified atom stereocenters. The second-order valence-electron chi connectivity index (χ2n) is 2.38. The van der Waals surface area contributed by atoms with E-state index in [4.69, 9.17) is 5.73 Å². The maximum absolute atomic E-state index is 10.9. The Morgan fingerprint density at radius 3 is 2.83 bits per heavy atom. The maximum atomic E-state index is 10.9. The first-order valence-electron chi connectivity index (χ1n) is 3.63. The van der Waals surface area contributed by atoms with Gasteiger partial charge in [0.25, 0.3) is 0 Å². The molecule has 1 rings (SSSR count). The molecule has 0 saturated carbocycles. The predicted molar refractivity (Wildman–Crippen MR) is 45.2 cm³/mol. The van der Waals surface area contributed by atoms with Gasteiger partial charge in [0.15, 0.2) is 0 Å². The van der Waals surface area contributed by atoms with Gasteiger partial charge in [-0.25, -0.2) is 0 Å². The van der Waals surface area contributed by atoms with Gasteiger partial charge >= 0.3 is 0 Å². The minimum atomic E-state index is -0.494. The zero-order chi connectivity index (χ0) is 8.97. The number of nitrogens with zero attached hydrogens (tertiary/aromatic N) is 1. The van der Waals surface area contributed by atoms with Crippen molar-refractivity contribution in [2.24, 2.45) is 5.73 Å². The highest BCUT2D eigenvalue weighted by molar-refractivity contribution is 5.80. The second kappa shape index (κ2) is 3.82. The van der Waals surface area contributed by atoms with Gasteiger partial charge in [-0.05, 0) is 19.2 Å². The van der Waals surface area contributed by atoms with E-state index in [1.165, 1.54) is 0 Å². The van der Waals surface area contributed by atoms with Crippen LogP contribution in [0.3, 0.4) is 0 Å². The van der Waals surface area contributed by atoms with Crippen LogP contribution in [-0.4, -0.2) is 17.9 Å². The molecule has 1 aromatic rings. The standard InChI is InChI=1S/C8H11N3O/c1-10-7(8(9)12)6-4-2-3-5-11-6/h2-5,7,10H,1H3,(H2,9,12). The first kappa shape index (κ1) is 8.67. The molecule has 64 valence electrons. The smallest absolute Gasteiger partial charge is 0.240 e. The molecule has 0 saturated heterocycles. The molecule has 3 N–H and O–H groups in total. The van der Waals surface area contributed by atoms with E-state index < -0.39 is 11.9 Å². The number of amides is 1. The van der Waals surface area contributed by atoms with Crippen molar-refractivity contribution in [1.29, 1.82) is 0 Å². The number of aromatic nitrogens is 1. The van der Waals surface area contributed by atoms with Gasteiger partial charge in [0, 0.05) is 6.20 Å². The summed E-state index contributed by atoms with van der Waals surface area (Å²) in [7, 11) is 1.67. The summed E-state index contributed by atoms with van der Waals surface area (Å²) in [6, 6.07) is 4.87. The zero-order valence-corrected chi connectivity index (χ0v) is 6.82. The summed E-state index contributed by atoms with van der Waals surface area (Å²) in [5.74, 6) is -0.420. The second-order valence-corrected chi connectivity index (χ2v) is 2.38. The largest absolute Gasteiger partial charge is 0.368 e. The number of hydrogen-bond donors (Lipinski definition) is 2. The molecule has 12 heavy (non-hydrogen) atoms. The normalized spacial score (nSPS) is 12.4. The van der Waals surface area contributed by atoms with Crippen LogP contribution in [0.4, 0.5) is 0 Å². The molecule has 1 atom stereocenters. The van der Waals surface area contributed by atoms with E-state index >= 15 is 0 Å². The monoisotopic (exact) mass is 165 g/mol. The van der Waals surface area contributed by atoms with Crippen LogP contribution in [0.25, 0.3) is 0 Å². The summed E-state index contributed by atoms with van der Waals surface area (Å²) in [6.07, 6.45) is 1.63. The van der Waals surface area contributed by atoms with Gasteiger partial charge in [0.2, 0.25) is 5.91 Å². The van der Waals surface area contributed by atoms with Crippen LogP contribution in [-0.2, 0) is 4.79 Å². The number of likely N-dealkylation sites (N-methyl/N-ethyl adjacent to an activating group) is 1. The molecule has 1 amide bonds. The molecule has 0 aliphatic carbocycles. The zero-order valence-electron chi connectivity index (χ0n) is 6.82. The molecule has 0 spiro atoms. The van der Waals surface area contributed by atoms with E-state index in [0.717, 1.165) is 0 Å². The fourth-order valence-corrected chi connectivity index (χ4v) is 0.983. The maximum Gasteiger partial charge on any atom is 0.240 e. The van der Waals surface area contributed by atoms with E-state index in [1.807, 2.05) is 6.07 Å². The van der Waals surface area contributed by atoms with Gasteiger partial charge in [-0.1, -0.05) is 6.07 Å². The van der Waals surface area contributed by atoms with Gasteiger partial charge in [0.1, 0.15) is 6.04 Å². The Morgan fingerprint density at radius 2 is 2.42 bits per heavy atom. The van der Waals surface area contributed by atoms with E-state index in [1.54, 1.807) is 25.4 Å². The molecule has 0 aliphatic rings. The van der Waals surface area contributed by atoms with Crippen molar-refractivity contribution in [3.63, 3.8) is 0 Å². The third-order valence-corrected chi connectivity index (χ3v) is 1.56. The summed E-state index contributed by atoms with van der Waals surface area (Å²) in [5.41, 5.74) is 5.78. The van der Waals surface area contributed by atoms with Crippen LogP contribution in [0.5, 0.6) is 0 Å². The van der Waals surface area contributed by atoms with Crippen LogP contribution in [0.1, 0.15) is 11.7 Å². The van der Waals surface area contributed by atoms with Crippen LogP contribution >= 0.6 is 0 Å². The average Bonchev–Trinajstić information content (AvgIpc) is 2.07. The molecule has 0 radical (unpaired) electrons. The number of carbonyl (C=O) groups excluding carboxylic acids is 1. The van der Waals surface area contributed by atoms with Crippen molar-refractivity contribution in [3.05, 3.63) is 30.1 Å². The van der Waals surface area contributed by atoms with E-state index in [2.05, 4.69) is 10.3 Å². The Bertz CT molecular complexity index is 260. The number of hydrogen-bond acceptors (Lipinski definition) is 3. The van der Waals surface area contributed by atoms with Crippen LogP contribution < -0.4 is 11.1 Å². The van der Waals surface area contributed by atoms with Crippen molar-refractivity contribution in [1.82, 2.24) is 10.3 Å². The minimum Gasteiger partial charge on any atom is -0.368 e. The lowest BCUT2D eigenvalue weighted by molar-refractivity contribution is -0.120. The Hall–Kier alpha value is -1.42. The summed E-state index contributed by atoms with van der Waals surface area (Å²) in [6.45, 7) is 0. The number of primary amides is 1. The lowest BCUT2D eigenvalue weighted by Crippen LogP contribution is -2.31. The summed E-state index contributed by atoms with van der Waals surface area (Å²) in [4.78, 5) is 14.9. The molecular formula is C8H11N3O. The molecule has 4 heteroatoms. The third-order valence-electron chi connectivity index (χ3n) is 1.56. The number of nitrogens with one attached hydrogen (secondary N) is 1. The third kappa shape index (κ3) is 1.79. The topological polar surface area (TPSA) is 68.0 Å². The predicted octanol–water partition coefficient (Wildman–Crippen LogP) is -0.173. The lowest BCUT2D eigenvalue weighted by Gasteiger charge is -2.10. The first-order valence-corrected chi connectivity index (χ1v) is 3.63. The van der Waals surface area contributed by atoms with Gasteiger partial charge in [0.05, 0.1) is 5.69 Å². The number of nitrogens with two attached hydrogens (primary N) is 1. The van der Waals surface area contributed by atoms with Gasteiger partial charge in [-0.2, -0.15) is 0 Å². The van der Waals surface area contributed by atoms with E-state index in [0.29, 0.717) is 5.69 Å². The molecular weight excluding hydrogens is 154 g/mol. The minimum absolute atomic E-state index is 0.420. The lowest BCUT2D eigenvalue weighted by atomic mass is 10.2. The molecule has 1 aromatic heterocycles. The van der Waals surface area contributed by atoms with Gasteiger partial charge in [-0.3, -0.25) is 9.78 Å². The highest BCUT2D eigenvalue weighted by atomic mass is 16.1.